The Morgan fingerprint density at radius 1 is 0.765 bits per heavy atom. The SMILES string of the molecule is CC(C)[C@H](NC(=O)CNC(=O)[C@H](CO)NC(=O)[C@@H](N)CS)C(=O)N[C@H](C(=O)N[C@@H](Cc1ccccc1)C(=O)N[C@@H](CCC(N)=O)C(=O)O)[C@@H](C)O. The van der Waals surface area contributed by atoms with Gasteiger partial charge in [-0.1, -0.05) is 44.2 Å². The van der Waals surface area contributed by atoms with E-state index in [9.17, 15) is 53.7 Å². The molecule has 20 heteroatoms. The second-order valence-corrected chi connectivity index (χ2v) is 12.3. The Morgan fingerprint density at radius 3 is 1.84 bits per heavy atom. The lowest BCUT2D eigenvalue weighted by atomic mass is 10.0. The van der Waals surface area contributed by atoms with Crippen molar-refractivity contribution < 1.29 is 53.7 Å². The number of hydrogen-bond acceptors (Lipinski definition) is 12. The average Bonchev–Trinajstić information content (AvgIpc) is 3.07. The van der Waals surface area contributed by atoms with E-state index in [0.717, 1.165) is 0 Å². The van der Waals surface area contributed by atoms with Crippen molar-refractivity contribution in [3.8, 4) is 0 Å². The number of nitrogens with two attached hydrogens (primary N) is 2. The maximum atomic E-state index is 13.4. The number of aliphatic hydroxyl groups excluding tert-OH is 2. The van der Waals surface area contributed by atoms with Gasteiger partial charge < -0.3 is 58.7 Å². The Bertz CT molecular complexity index is 1380. The molecule has 0 saturated heterocycles. The van der Waals surface area contributed by atoms with Crippen LogP contribution in [0.5, 0.6) is 0 Å². The van der Waals surface area contributed by atoms with Gasteiger partial charge in [0, 0.05) is 18.6 Å². The van der Waals surface area contributed by atoms with Crippen LogP contribution in [0.2, 0.25) is 0 Å². The first kappa shape index (κ1) is 44.2. The van der Waals surface area contributed by atoms with E-state index in [-0.39, 0.29) is 25.0 Å². The summed E-state index contributed by atoms with van der Waals surface area (Å²) in [5, 5.41) is 43.4. The summed E-state index contributed by atoms with van der Waals surface area (Å²) in [6, 6.07) is 0.0115. The van der Waals surface area contributed by atoms with Crippen LogP contribution in [-0.2, 0) is 44.8 Å². The van der Waals surface area contributed by atoms with Gasteiger partial charge in [0.1, 0.15) is 30.2 Å². The summed E-state index contributed by atoms with van der Waals surface area (Å²) in [5.74, 6) is -8.22. The van der Waals surface area contributed by atoms with Gasteiger partial charge in [-0.3, -0.25) is 33.6 Å². The molecular weight excluding hydrogens is 692 g/mol. The lowest BCUT2D eigenvalue weighted by Gasteiger charge is -2.28. The van der Waals surface area contributed by atoms with Crippen LogP contribution in [0.1, 0.15) is 39.2 Å². The summed E-state index contributed by atoms with van der Waals surface area (Å²) in [7, 11) is 0. The molecule has 0 aromatic heterocycles. The largest absolute Gasteiger partial charge is 0.480 e. The molecule has 19 nitrogen and oxygen atoms in total. The second-order valence-electron chi connectivity index (χ2n) is 11.9. The minimum atomic E-state index is -1.66. The van der Waals surface area contributed by atoms with Crippen LogP contribution in [0.3, 0.4) is 0 Å². The first-order valence-electron chi connectivity index (χ1n) is 15.9. The third kappa shape index (κ3) is 15.7. The molecule has 0 radical (unpaired) electrons. The van der Waals surface area contributed by atoms with E-state index in [1.165, 1.54) is 6.92 Å². The van der Waals surface area contributed by atoms with E-state index < -0.39 is 109 Å². The predicted molar refractivity (Wildman–Crippen MR) is 184 cm³/mol. The van der Waals surface area contributed by atoms with Crippen LogP contribution in [0.4, 0.5) is 0 Å². The fraction of sp³-hybridized carbons (Fsp3) is 0.548. The molecular formula is C31H48N8O11S. The van der Waals surface area contributed by atoms with E-state index in [1.807, 2.05) is 0 Å². The molecule has 0 saturated carbocycles. The van der Waals surface area contributed by atoms with Crippen LogP contribution in [0, 0.1) is 5.92 Å². The summed E-state index contributed by atoms with van der Waals surface area (Å²) in [6.45, 7) is 2.86. The highest BCUT2D eigenvalue weighted by Gasteiger charge is 2.34. The van der Waals surface area contributed by atoms with Crippen molar-refractivity contribution in [3.05, 3.63) is 35.9 Å². The number of benzene rings is 1. The molecule has 284 valence electrons. The highest BCUT2D eigenvalue weighted by molar-refractivity contribution is 7.80. The molecule has 0 heterocycles. The first-order valence-corrected chi connectivity index (χ1v) is 16.5. The number of nitrogens with one attached hydrogen (secondary N) is 6. The zero-order valence-electron chi connectivity index (χ0n) is 28.5. The number of thiol groups is 1. The molecule has 0 aliphatic heterocycles. The van der Waals surface area contributed by atoms with E-state index in [0.29, 0.717) is 5.56 Å². The average molecular weight is 741 g/mol. The highest BCUT2D eigenvalue weighted by atomic mass is 32.1. The van der Waals surface area contributed by atoms with Crippen LogP contribution >= 0.6 is 12.6 Å². The number of carboxylic acid groups (broad SMARTS) is 1. The molecule has 0 unspecified atom stereocenters. The molecule has 0 aliphatic rings. The molecule has 0 spiro atoms. The summed E-state index contributed by atoms with van der Waals surface area (Å²) in [5.41, 5.74) is 11.2. The standard InChI is InChI=1S/C31H48N8O11S/c1-15(2)24(38-23(43)12-34-27(45)21(13-40)37-26(44)18(32)14-51)29(47)39-25(16(3)41)30(48)36-20(11-17-7-5-4-6-8-17)28(46)35-19(31(49)50)9-10-22(33)42/h4-8,15-16,18-21,24-25,40-41,51H,9-14,32H2,1-3H3,(H2,33,42)(H,34,45)(H,35,46)(H,36,48)(H,37,44)(H,38,43)(H,39,47)(H,49,50)/t16-,18+,19+,20+,21+,24+,25+/m1/s1. The van der Waals surface area contributed by atoms with E-state index >= 15 is 0 Å². The van der Waals surface area contributed by atoms with Gasteiger partial charge in [-0.25, -0.2) is 4.79 Å². The van der Waals surface area contributed by atoms with Gasteiger partial charge in [-0.2, -0.15) is 12.6 Å². The van der Waals surface area contributed by atoms with Crippen LogP contribution < -0.4 is 43.4 Å². The number of aliphatic hydroxyl groups is 2. The normalized spacial score (nSPS) is 15.1. The van der Waals surface area contributed by atoms with Gasteiger partial charge in [0.15, 0.2) is 0 Å². The zero-order chi connectivity index (χ0) is 38.8. The van der Waals surface area contributed by atoms with E-state index in [2.05, 4.69) is 44.5 Å². The summed E-state index contributed by atoms with van der Waals surface area (Å²) in [6.07, 6.45) is -2.30. The fourth-order valence-corrected chi connectivity index (χ4v) is 4.56. The number of carbonyl (C=O) groups excluding carboxylic acids is 7. The van der Waals surface area contributed by atoms with Crippen molar-refractivity contribution in [2.75, 3.05) is 18.9 Å². The van der Waals surface area contributed by atoms with Crippen LogP contribution in [0.15, 0.2) is 30.3 Å². The van der Waals surface area contributed by atoms with Gasteiger partial charge in [-0.15, -0.1) is 0 Å². The molecule has 1 aromatic rings. The molecule has 51 heavy (non-hydrogen) atoms. The van der Waals surface area contributed by atoms with Crippen molar-refractivity contribution in [2.24, 2.45) is 17.4 Å². The lowest BCUT2D eigenvalue weighted by Crippen LogP contribution is -2.61. The Hall–Kier alpha value is -4.79. The van der Waals surface area contributed by atoms with Crippen LogP contribution in [-0.4, -0.2) is 124 Å². The Labute approximate surface area is 299 Å². The number of carbonyl (C=O) groups is 8. The number of amides is 7. The van der Waals surface area contributed by atoms with Crippen molar-refractivity contribution in [3.63, 3.8) is 0 Å². The topological polar surface area (TPSA) is 321 Å². The third-order valence-corrected chi connectivity index (χ3v) is 7.70. The molecule has 0 aliphatic carbocycles. The Kier molecular flexibility index (Phi) is 19.2. The molecule has 7 atom stereocenters. The number of hydrogen-bond donors (Lipinski definition) is 12. The molecule has 13 N–H and O–H groups in total. The summed E-state index contributed by atoms with van der Waals surface area (Å²) < 4.78 is 0. The zero-order valence-corrected chi connectivity index (χ0v) is 29.4. The van der Waals surface area contributed by atoms with Gasteiger partial charge >= 0.3 is 5.97 Å². The Morgan fingerprint density at radius 2 is 1.33 bits per heavy atom. The summed E-state index contributed by atoms with van der Waals surface area (Å²) >= 11 is 3.89. The quantitative estimate of drug-likeness (QED) is 0.0500. The Balaban J connectivity index is 3.07. The third-order valence-electron chi connectivity index (χ3n) is 7.31. The molecule has 0 fully saturated rings. The van der Waals surface area contributed by atoms with Crippen molar-refractivity contribution >= 4 is 59.9 Å². The smallest absolute Gasteiger partial charge is 0.326 e. The van der Waals surface area contributed by atoms with E-state index in [1.54, 1.807) is 44.2 Å². The van der Waals surface area contributed by atoms with E-state index in [4.69, 9.17) is 11.5 Å². The van der Waals surface area contributed by atoms with Crippen LogP contribution in [0.25, 0.3) is 0 Å². The molecule has 0 bridgehead atoms. The lowest BCUT2D eigenvalue weighted by molar-refractivity contribution is -0.142. The number of rotatable bonds is 22. The number of primary amides is 1. The highest BCUT2D eigenvalue weighted by Crippen LogP contribution is 2.08. The van der Waals surface area contributed by atoms with Gasteiger partial charge in [0.25, 0.3) is 0 Å². The van der Waals surface area contributed by atoms with Crippen molar-refractivity contribution in [1.29, 1.82) is 0 Å². The monoisotopic (exact) mass is 740 g/mol. The summed E-state index contributed by atoms with van der Waals surface area (Å²) in [4.78, 5) is 100. The fourth-order valence-electron chi connectivity index (χ4n) is 4.39. The maximum absolute atomic E-state index is 13.4. The minimum Gasteiger partial charge on any atom is -0.480 e. The molecule has 1 aromatic carbocycles. The minimum absolute atomic E-state index is 0.0271. The number of carboxylic acids is 1. The van der Waals surface area contributed by atoms with Gasteiger partial charge in [0.2, 0.25) is 41.4 Å². The first-order chi connectivity index (χ1) is 23.9. The molecule has 7 amide bonds. The van der Waals surface area contributed by atoms with Gasteiger partial charge in [0.05, 0.1) is 25.3 Å². The second kappa shape index (κ2) is 22.1. The van der Waals surface area contributed by atoms with Crippen molar-refractivity contribution in [1.82, 2.24) is 31.9 Å². The van der Waals surface area contributed by atoms with Gasteiger partial charge in [-0.05, 0) is 24.8 Å². The predicted octanol–water partition coefficient (Wildman–Crippen LogP) is -4.59. The number of aliphatic carboxylic acids is 1. The maximum Gasteiger partial charge on any atom is 0.326 e. The molecule has 1 rings (SSSR count). The van der Waals surface area contributed by atoms with Crippen molar-refractivity contribution in [2.45, 2.75) is 82.4 Å².